The summed E-state index contributed by atoms with van der Waals surface area (Å²) in [5.74, 6) is -1.33. The normalized spacial score (nSPS) is 9.71. The molecular formula is C8H9N3O3. The number of carboxylic acids is 1. The molecule has 0 aliphatic carbocycles. The molecule has 0 radical (unpaired) electrons. The number of carbonyl (C=O) groups is 1. The van der Waals surface area contributed by atoms with Gasteiger partial charge in [0, 0.05) is 6.54 Å². The van der Waals surface area contributed by atoms with Crippen LogP contribution in [0.3, 0.4) is 0 Å². The Morgan fingerprint density at radius 2 is 2.43 bits per heavy atom. The summed E-state index contributed by atoms with van der Waals surface area (Å²) in [5.41, 5.74) is 4.69. The first kappa shape index (κ1) is 9.97. The zero-order chi connectivity index (χ0) is 10.7. The number of aromatic nitrogens is 2. The molecule has 1 aromatic heterocycles. The first-order chi connectivity index (χ1) is 6.57. The molecule has 1 heterocycles. The Morgan fingerprint density at radius 3 is 2.93 bits per heavy atom. The monoisotopic (exact) mass is 195 g/mol. The van der Waals surface area contributed by atoms with Crippen molar-refractivity contribution in [2.75, 3.05) is 5.73 Å². The van der Waals surface area contributed by atoms with Gasteiger partial charge in [0.05, 0.1) is 6.20 Å². The molecule has 0 aliphatic heterocycles. The van der Waals surface area contributed by atoms with Crippen LogP contribution in [-0.2, 0) is 6.54 Å². The van der Waals surface area contributed by atoms with Crippen LogP contribution in [0.25, 0.3) is 0 Å². The minimum Gasteiger partial charge on any atom is -0.478 e. The van der Waals surface area contributed by atoms with Crippen molar-refractivity contribution in [1.29, 1.82) is 0 Å². The molecule has 1 aromatic rings. The van der Waals surface area contributed by atoms with Crippen molar-refractivity contribution in [2.24, 2.45) is 0 Å². The van der Waals surface area contributed by atoms with E-state index < -0.39 is 11.7 Å². The summed E-state index contributed by atoms with van der Waals surface area (Å²) in [7, 11) is 0. The van der Waals surface area contributed by atoms with E-state index in [9.17, 15) is 9.59 Å². The van der Waals surface area contributed by atoms with Crippen molar-refractivity contribution < 1.29 is 9.90 Å². The third-order valence-corrected chi connectivity index (χ3v) is 1.64. The standard InChI is InChI=1S/C8H9N3O3/c1-2-3-11-6(9)5(7(12)13)4-10-8(11)14/h2,4H,1,3,9H2,(H,12,13). The molecule has 0 aliphatic rings. The van der Waals surface area contributed by atoms with Crippen LogP contribution in [0.4, 0.5) is 5.82 Å². The summed E-state index contributed by atoms with van der Waals surface area (Å²) in [4.78, 5) is 25.1. The first-order valence-electron chi connectivity index (χ1n) is 3.77. The predicted octanol–water partition coefficient (Wildman–Crippen LogP) is -0.290. The number of hydrogen-bond donors (Lipinski definition) is 2. The number of aromatic carboxylic acids is 1. The molecule has 0 saturated heterocycles. The third-order valence-electron chi connectivity index (χ3n) is 1.64. The molecule has 6 heteroatoms. The SMILES string of the molecule is C=CCn1c(N)c(C(=O)O)cnc1=O. The molecule has 0 bridgehead atoms. The molecule has 0 aromatic carbocycles. The lowest BCUT2D eigenvalue weighted by molar-refractivity contribution is 0.0696. The van der Waals surface area contributed by atoms with Gasteiger partial charge in [-0.05, 0) is 0 Å². The van der Waals surface area contributed by atoms with Crippen molar-refractivity contribution in [3.05, 3.63) is 34.9 Å². The van der Waals surface area contributed by atoms with E-state index in [1.807, 2.05) is 0 Å². The van der Waals surface area contributed by atoms with E-state index in [4.69, 9.17) is 10.8 Å². The Bertz CT molecular complexity index is 436. The van der Waals surface area contributed by atoms with Crippen LogP contribution in [0.2, 0.25) is 0 Å². The highest BCUT2D eigenvalue weighted by Crippen LogP contribution is 2.06. The number of nitrogen functional groups attached to an aromatic ring is 1. The molecular weight excluding hydrogens is 186 g/mol. The summed E-state index contributed by atoms with van der Waals surface area (Å²) in [6.07, 6.45) is 2.38. The molecule has 0 unspecified atom stereocenters. The Hall–Kier alpha value is -2.11. The highest BCUT2D eigenvalue weighted by Gasteiger charge is 2.12. The number of carboxylic acid groups (broad SMARTS) is 1. The topological polar surface area (TPSA) is 98.2 Å². The lowest BCUT2D eigenvalue weighted by atomic mass is 10.3. The Balaban J connectivity index is 3.40. The summed E-state index contributed by atoms with van der Waals surface area (Å²) in [6.45, 7) is 3.56. The van der Waals surface area contributed by atoms with Gasteiger partial charge in [-0.2, -0.15) is 0 Å². The number of rotatable bonds is 3. The van der Waals surface area contributed by atoms with Gasteiger partial charge in [0.2, 0.25) is 0 Å². The maximum atomic E-state index is 11.1. The van der Waals surface area contributed by atoms with Gasteiger partial charge in [0.1, 0.15) is 11.4 Å². The van der Waals surface area contributed by atoms with Crippen LogP contribution in [0.1, 0.15) is 10.4 Å². The van der Waals surface area contributed by atoms with Gasteiger partial charge in [-0.3, -0.25) is 4.57 Å². The summed E-state index contributed by atoms with van der Waals surface area (Å²) in [5, 5.41) is 8.69. The molecule has 0 fully saturated rings. The molecule has 1 rings (SSSR count). The van der Waals surface area contributed by atoms with Gasteiger partial charge in [0.15, 0.2) is 0 Å². The fourth-order valence-corrected chi connectivity index (χ4v) is 0.974. The van der Waals surface area contributed by atoms with Crippen molar-refractivity contribution in [3.63, 3.8) is 0 Å². The Kier molecular flexibility index (Phi) is 2.66. The molecule has 0 amide bonds. The largest absolute Gasteiger partial charge is 0.478 e. The fraction of sp³-hybridized carbons (Fsp3) is 0.125. The van der Waals surface area contributed by atoms with Gasteiger partial charge in [-0.25, -0.2) is 14.6 Å². The molecule has 0 atom stereocenters. The highest BCUT2D eigenvalue weighted by molar-refractivity contribution is 5.92. The zero-order valence-electron chi connectivity index (χ0n) is 7.30. The van der Waals surface area contributed by atoms with E-state index in [0.717, 1.165) is 10.8 Å². The minimum atomic E-state index is -1.21. The number of anilines is 1. The van der Waals surface area contributed by atoms with Crippen molar-refractivity contribution in [3.8, 4) is 0 Å². The van der Waals surface area contributed by atoms with E-state index in [2.05, 4.69) is 11.6 Å². The summed E-state index contributed by atoms with van der Waals surface area (Å²) >= 11 is 0. The van der Waals surface area contributed by atoms with Gasteiger partial charge in [-0.15, -0.1) is 6.58 Å². The Morgan fingerprint density at radius 1 is 1.79 bits per heavy atom. The van der Waals surface area contributed by atoms with E-state index >= 15 is 0 Å². The van der Waals surface area contributed by atoms with E-state index in [0.29, 0.717) is 0 Å². The summed E-state index contributed by atoms with van der Waals surface area (Å²) in [6, 6.07) is 0. The molecule has 6 nitrogen and oxygen atoms in total. The van der Waals surface area contributed by atoms with Gasteiger partial charge in [0.25, 0.3) is 0 Å². The number of nitrogens with zero attached hydrogens (tertiary/aromatic N) is 2. The second-order valence-electron chi connectivity index (χ2n) is 2.54. The van der Waals surface area contributed by atoms with Crippen molar-refractivity contribution >= 4 is 11.8 Å². The lowest BCUT2D eigenvalue weighted by Crippen LogP contribution is -2.27. The third kappa shape index (κ3) is 1.63. The maximum Gasteiger partial charge on any atom is 0.349 e. The zero-order valence-corrected chi connectivity index (χ0v) is 7.30. The van der Waals surface area contributed by atoms with Crippen LogP contribution in [0.5, 0.6) is 0 Å². The van der Waals surface area contributed by atoms with Crippen LogP contribution >= 0.6 is 0 Å². The van der Waals surface area contributed by atoms with E-state index in [1.54, 1.807) is 0 Å². The Labute approximate surface area is 79.3 Å². The van der Waals surface area contributed by atoms with Crippen LogP contribution in [-0.4, -0.2) is 20.6 Å². The quantitative estimate of drug-likeness (QED) is 0.646. The average molecular weight is 195 g/mol. The van der Waals surface area contributed by atoms with Crippen molar-refractivity contribution in [1.82, 2.24) is 9.55 Å². The molecule has 3 N–H and O–H groups in total. The molecule has 14 heavy (non-hydrogen) atoms. The van der Waals surface area contributed by atoms with Gasteiger partial charge in [-0.1, -0.05) is 6.08 Å². The van der Waals surface area contributed by atoms with Crippen LogP contribution in [0, 0.1) is 0 Å². The summed E-state index contributed by atoms with van der Waals surface area (Å²) < 4.78 is 1.04. The van der Waals surface area contributed by atoms with Gasteiger partial charge < -0.3 is 10.8 Å². The van der Waals surface area contributed by atoms with E-state index in [1.165, 1.54) is 6.08 Å². The highest BCUT2D eigenvalue weighted by atomic mass is 16.4. The minimum absolute atomic E-state index is 0.114. The molecule has 0 saturated carbocycles. The van der Waals surface area contributed by atoms with Crippen LogP contribution < -0.4 is 11.4 Å². The van der Waals surface area contributed by atoms with Crippen LogP contribution in [0.15, 0.2) is 23.6 Å². The maximum absolute atomic E-state index is 11.1. The molecule has 74 valence electrons. The lowest BCUT2D eigenvalue weighted by Gasteiger charge is -2.07. The molecule has 0 spiro atoms. The average Bonchev–Trinajstić information content (AvgIpc) is 2.11. The smallest absolute Gasteiger partial charge is 0.349 e. The second kappa shape index (κ2) is 3.73. The van der Waals surface area contributed by atoms with E-state index in [-0.39, 0.29) is 17.9 Å². The van der Waals surface area contributed by atoms with Gasteiger partial charge >= 0.3 is 11.7 Å². The predicted molar refractivity (Wildman–Crippen MR) is 50.1 cm³/mol. The number of allylic oxidation sites excluding steroid dienone is 1. The number of hydrogen-bond acceptors (Lipinski definition) is 4. The first-order valence-corrected chi connectivity index (χ1v) is 3.77. The van der Waals surface area contributed by atoms with Crippen molar-refractivity contribution in [2.45, 2.75) is 6.54 Å². The second-order valence-corrected chi connectivity index (χ2v) is 2.54. The number of nitrogens with two attached hydrogens (primary N) is 1. The fourth-order valence-electron chi connectivity index (χ4n) is 0.974.